The van der Waals surface area contributed by atoms with Gasteiger partial charge in [-0.15, -0.1) is 0 Å². The van der Waals surface area contributed by atoms with Gasteiger partial charge in [0, 0.05) is 16.7 Å². The second kappa shape index (κ2) is 9.99. The molecule has 8 heteroatoms. The van der Waals surface area contributed by atoms with Gasteiger partial charge in [0.2, 0.25) is 0 Å². The van der Waals surface area contributed by atoms with Gasteiger partial charge in [-0.2, -0.15) is 0 Å². The van der Waals surface area contributed by atoms with Crippen molar-refractivity contribution in [3.05, 3.63) is 89.0 Å². The fraction of sp³-hybridized carbons (Fsp3) is 0.154. The van der Waals surface area contributed by atoms with Gasteiger partial charge in [-0.25, -0.2) is 0 Å². The van der Waals surface area contributed by atoms with Gasteiger partial charge in [-0.05, 0) is 30.3 Å². The third-order valence-electron chi connectivity index (χ3n) is 5.23. The number of anilines is 1. The third kappa shape index (κ3) is 4.80. The molecular formula is C26H21NO7. The van der Waals surface area contributed by atoms with E-state index in [4.69, 9.17) is 14.2 Å². The molecule has 0 aromatic heterocycles. The van der Waals surface area contributed by atoms with Gasteiger partial charge in [0.05, 0.1) is 31.4 Å². The lowest BCUT2D eigenvalue weighted by Gasteiger charge is -2.20. The standard InChI is InChI=1S/C26H21NO7/c1-32-16-9-11-17(12-10-16)33-14-13-23(29)34-15-22(28)27-21-8-4-7-20-24(21)26(31)19-6-3-2-5-18(19)25(20)30/h2-12H,13-15H2,1H3,(H,27,28). The van der Waals surface area contributed by atoms with Crippen molar-refractivity contribution in [1.29, 1.82) is 0 Å². The molecule has 3 aromatic rings. The number of esters is 1. The van der Waals surface area contributed by atoms with Crippen LogP contribution in [0.2, 0.25) is 0 Å². The molecule has 0 atom stereocenters. The van der Waals surface area contributed by atoms with Crippen molar-refractivity contribution < 1.29 is 33.4 Å². The van der Waals surface area contributed by atoms with E-state index in [1.54, 1.807) is 67.8 Å². The first-order valence-electron chi connectivity index (χ1n) is 10.5. The molecule has 0 radical (unpaired) electrons. The molecule has 4 rings (SSSR count). The molecule has 8 nitrogen and oxygen atoms in total. The Balaban J connectivity index is 1.32. The SMILES string of the molecule is COc1ccc(OCCC(=O)OCC(=O)Nc2cccc3c2C(=O)c2ccccc2C3=O)cc1. The van der Waals surface area contributed by atoms with Crippen molar-refractivity contribution in [3.8, 4) is 11.5 Å². The van der Waals surface area contributed by atoms with Crippen LogP contribution in [0.5, 0.6) is 11.5 Å². The molecule has 0 unspecified atom stereocenters. The van der Waals surface area contributed by atoms with Crippen molar-refractivity contribution >= 4 is 29.1 Å². The van der Waals surface area contributed by atoms with E-state index < -0.39 is 18.5 Å². The number of carbonyl (C=O) groups excluding carboxylic acids is 4. The molecule has 0 spiro atoms. The first kappa shape index (κ1) is 22.7. The summed E-state index contributed by atoms with van der Waals surface area (Å²) in [6, 6.07) is 18.1. The fourth-order valence-electron chi connectivity index (χ4n) is 3.58. The molecule has 3 aromatic carbocycles. The average Bonchev–Trinajstić information content (AvgIpc) is 2.86. The molecule has 0 aliphatic heterocycles. The molecule has 1 amide bonds. The van der Waals surface area contributed by atoms with Gasteiger partial charge in [0.25, 0.3) is 5.91 Å². The minimum absolute atomic E-state index is 0.0518. The zero-order chi connectivity index (χ0) is 24.1. The summed E-state index contributed by atoms with van der Waals surface area (Å²) in [7, 11) is 1.56. The second-order valence-electron chi connectivity index (χ2n) is 7.41. The summed E-state index contributed by atoms with van der Waals surface area (Å²) < 4.78 is 15.5. The lowest BCUT2D eigenvalue weighted by Crippen LogP contribution is -2.26. The summed E-state index contributed by atoms with van der Waals surface area (Å²) in [5, 5.41) is 2.57. The molecule has 1 N–H and O–H groups in total. The topological polar surface area (TPSA) is 108 Å². The Morgan fingerprint density at radius 3 is 2.15 bits per heavy atom. The largest absolute Gasteiger partial charge is 0.497 e. The number of nitrogens with one attached hydrogen (secondary N) is 1. The van der Waals surface area contributed by atoms with Crippen LogP contribution in [0, 0.1) is 0 Å². The zero-order valence-electron chi connectivity index (χ0n) is 18.3. The number of methoxy groups -OCH3 is 1. The van der Waals surface area contributed by atoms with Crippen LogP contribution < -0.4 is 14.8 Å². The molecule has 1 aliphatic carbocycles. The molecule has 0 bridgehead atoms. The van der Waals surface area contributed by atoms with Crippen LogP contribution in [0.25, 0.3) is 0 Å². The number of hydrogen-bond acceptors (Lipinski definition) is 7. The van der Waals surface area contributed by atoms with E-state index in [0.717, 1.165) is 0 Å². The summed E-state index contributed by atoms with van der Waals surface area (Å²) in [6.07, 6.45) is -0.0518. The lowest BCUT2D eigenvalue weighted by molar-refractivity contribution is -0.147. The van der Waals surface area contributed by atoms with Crippen molar-refractivity contribution in [2.24, 2.45) is 0 Å². The molecule has 34 heavy (non-hydrogen) atoms. The normalized spacial score (nSPS) is 11.8. The van der Waals surface area contributed by atoms with E-state index in [-0.39, 0.29) is 47.0 Å². The second-order valence-corrected chi connectivity index (χ2v) is 7.41. The van der Waals surface area contributed by atoms with Crippen LogP contribution >= 0.6 is 0 Å². The van der Waals surface area contributed by atoms with E-state index >= 15 is 0 Å². The predicted octanol–water partition coefficient (Wildman–Crippen LogP) is 3.42. The number of fused-ring (bicyclic) bond motifs is 2. The highest BCUT2D eigenvalue weighted by Gasteiger charge is 2.31. The molecule has 172 valence electrons. The Morgan fingerprint density at radius 1 is 0.794 bits per heavy atom. The zero-order valence-corrected chi connectivity index (χ0v) is 18.3. The smallest absolute Gasteiger partial charge is 0.309 e. The number of carbonyl (C=O) groups is 4. The molecule has 1 aliphatic rings. The van der Waals surface area contributed by atoms with Gasteiger partial charge < -0.3 is 19.5 Å². The molecule has 0 saturated carbocycles. The maximum Gasteiger partial charge on any atom is 0.309 e. The van der Waals surface area contributed by atoms with Crippen molar-refractivity contribution in [1.82, 2.24) is 0 Å². The maximum absolute atomic E-state index is 13.0. The number of ether oxygens (including phenoxy) is 3. The number of hydrogen-bond donors (Lipinski definition) is 1. The van der Waals surface area contributed by atoms with Gasteiger partial charge in [0.1, 0.15) is 11.5 Å². The Bertz CT molecular complexity index is 1260. The van der Waals surface area contributed by atoms with Crippen LogP contribution in [0.3, 0.4) is 0 Å². The molecular weight excluding hydrogens is 438 g/mol. The first-order chi connectivity index (χ1) is 16.5. The maximum atomic E-state index is 13.0. The average molecular weight is 459 g/mol. The lowest BCUT2D eigenvalue weighted by atomic mass is 9.83. The Labute approximate surface area is 195 Å². The van der Waals surface area contributed by atoms with E-state index in [2.05, 4.69) is 5.32 Å². The van der Waals surface area contributed by atoms with Gasteiger partial charge in [-0.3, -0.25) is 19.2 Å². The summed E-state index contributed by atoms with van der Waals surface area (Å²) in [4.78, 5) is 50.1. The first-order valence-corrected chi connectivity index (χ1v) is 10.5. The Morgan fingerprint density at radius 2 is 1.44 bits per heavy atom. The van der Waals surface area contributed by atoms with Crippen LogP contribution in [0.4, 0.5) is 5.69 Å². The van der Waals surface area contributed by atoms with Crippen molar-refractivity contribution in [2.75, 3.05) is 25.6 Å². The van der Waals surface area contributed by atoms with Crippen LogP contribution in [-0.2, 0) is 14.3 Å². The monoisotopic (exact) mass is 459 g/mol. The van der Waals surface area contributed by atoms with Crippen LogP contribution in [0.1, 0.15) is 38.3 Å². The highest BCUT2D eigenvalue weighted by molar-refractivity contribution is 6.30. The van der Waals surface area contributed by atoms with Gasteiger partial charge >= 0.3 is 5.97 Å². The molecule has 0 saturated heterocycles. The number of rotatable bonds is 8. The summed E-state index contributed by atoms with van der Waals surface area (Å²) >= 11 is 0. The molecule has 0 fully saturated rings. The van der Waals surface area contributed by atoms with E-state index in [0.29, 0.717) is 17.1 Å². The highest BCUT2D eigenvalue weighted by atomic mass is 16.5. The van der Waals surface area contributed by atoms with Crippen molar-refractivity contribution in [2.45, 2.75) is 6.42 Å². The quantitative estimate of drug-likeness (QED) is 0.402. The number of benzene rings is 3. The van der Waals surface area contributed by atoms with Crippen LogP contribution in [0.15, 0.2) is 66.7 Å². The van der Waals surface area contributed by atoms with E-state index in [1.807, 2.05) is 0 Å². The Hall–Kier alpha value is -4.46. The number of amides is 1. The summed E-state index contributed by atoms with van der Waals surface area (Å²) in [5.41, 5.74) is 1.14. The Kier molecular flexibility index (Phi) is 6.68. The number of ketones is 2. The van der Waals surface area contributed by atoms with Gasteiger partial charge in [-0.1, -0.05) is 36.4 Å². The van der Waals surface area contributed by atoms with Gasteiger partial charge in [0.15, 0.2) is 18.2 Å². The fourth-order valence-corrected chi connectivity index (χ4v) is 3.58. The van der Waals surface area contributed by atoms with Crippen molar-refractivity contribution in [3.63, 3.8) is 0 Å². The third-order valence-corrected chi connectivity index (χ3v) is 5.23. The molecule has 0 heterocycles. The summed E-state index contributed by atoms with van der Waals surface area (Å²) in [6.45, 7) is -0.460. The minimum Gasteiger partial charge on any atom is -0.497 e. The van der Waals surface area contributed by atoms with E-state index in [1.165, 1.54) is 6.07 Å². The van der Waals surface area contributed by atoms with Crippen LogP contribution in [-0.4, -0.2) is 43.8 Å². The minimum atomic E-state index is -0.628. The predicted molar refractivity (Wildman–Crippen MR) is 122 cm³/mol. The summed E-state index contributed by atoms with van der Waals surface area (Å²) in [5.74, 6) is -0.622. The highest BCUT2D eigenvalue weighted by Crippen LogP contribution is 2.31. The van der Waals surface area contributed by atoms with E-state index in [9.17, 15) is 19.2 Å².